The molecular formula is C10H23NO2Si. The largest absolute Gasteiger partial charge is 0.410 e. The minimum Gasteiger partial charge on any atom is -0.410 e. The van der Waals surface area contributed by atoms with Crippen LogP contribution in [0.4, 0.5) is 0 Å². The number of hydrogen-bond donors (Lipinski definition) is 1. The summed E-state index contributed by atoms with van der Waals surface area (Å²) < 4.78 is 11.5. The summed E-state index contributed by atoms with van der Waals surface area (Å²) in [6.45, 7) is 12.5. The van der Waals surface area contributed by atoms with Crippen LogP contribution in [0.3, 0.4) is 0 Å². The molecule has 84 valence electrons. The maximum Gasteiger partial charge on any atom is 0.192 e. The van der Waals surface area contributed by atoms with Gasteiger partial charge in [-0.1, -0.05) is 20.8 Å². The lowest BCUT2D eigenvalue weighted by molar-refractivity contribution is 0.130. The van der Waals surface area contributed by atoms with Gasteiger partial charge in [0.15, 0.2) is 8.32 Å². The highest BCUT2D eigenvalue weighted by molar-refractivity contribution is 6.74. The molecule has 0 aliphatic carbocycles. The first kappa shape index (κ1) is 12.2. The highest BCUT2D eigenvalue weighted by atomic mass is 28.4. The van der Waals surface area contributed by atoms with E-state index in [0.29, 0.717) is 13.2 Å². The van der Waals surface area contributed by atoms with Crippen molar-refractivity contribution in [1.82, 2.24) is 0 Å². The third kappa shape index (κ3) is 2.57. The van der Waals surface area contributed by atoms with Crippen molar-refractivity contribution in [2.24, 2.45) is 5.73 Å². The van der Waals surface area contributed by atoms with Crippen molar-refractivity contribution >= 4 is 8.32 Å². The molecule has 1 aliphatic rings. The van der Waals surface area contributed by atoms with Gasteiger partial charge in [0, 0.05) is 0 Å². The van der Waals surface area contributed by atoms with Crippen LogP contribution in [0.5, 0.6) is 0 Å². The van der Waals surface area contributed by atoms with E-state index in [4.69, 9.17) is 14.9 Å². The van der Waals surface area contributed by atoms with Gasteiger partial charge in [0.05, 0.1) is 25.4 Å². The molecule has 1 aliphatic heterocycles. The first-order chi connectivity index (χ1) is 6.24. The first-order valence-corrected chi connectivity index (χ1v) is 8.16. The second-order valence-electron chi connectivity index (χ2n) is 5.62. The van der Waals surface area contributed by atoms with Gasteiger partial charge in [-0.25, -0.2) is 0 Å². The third-order valence-corrected chi connectivity index (χ3v) is 7.83. The number of hydrogen-bond acceptors (Lipinski definition) is 3. The fourth-order valence-electron chi connectivity index (χ4n) is 1.23. The second kappa shape index (κ2) is 3.93. The molecule has 0 aromatic carbocycles. The van der Waals surface area contributed by atoms with Gasteiger partial charge in [-0.15, -0.1) is 0 Å². The number of ether oxygens (including phenoxy) is 1. The van der Waals surface area contributed by atoms with E-state index in [0.717, 1.165) is 0 Å². The standard InChI is InChI=1S/C10H23NO2Si/c1-10(2,3)14(4,5)13-9-7-12-6-8(9)11/h8-9H,6-7,11H2,1-5H3. The molecule has 1 saturated heterocycles. The lowest BCUT2D eigenvalue weighted by Gasteiger charge is -2.38. The average Bonchev–Trinajstić information content (AvgIpc) is 2.33. The predicted molar refractivity (Wildman–Crippen MR) is 60.9 cm³/mol. The summed E-state index contributed by atoms with van der Waals surface area (Å²) in [4.78, 5) is 0. The van der Waals surface area contributed by atoms with Crippen LogP contribution in [0.2, 0.25) is 18.1 Å². The minimum absolute atomic E-state index is 0.0594. The van der Waals surface area contributed by atoms with Gasteiger partial charge in [0.1, 0.15) is 0 Å². The first-order valence-electron chi connectivity index (χ1n) is 5.25. The van der Waals surface area contributed by atoms with Crippen LogP contribution >= 0.6 is 0 Å². The summed E-state index contributed by atoms with van der Waals surface area (Å²) in [5.41, 5.74) is 5.90. The molecule has 1 fully saturated rings. The molecule has 3 nitrogen and oxygen atoms in total. The SMILES string of the molecule is CC(C)(C)[Si](C)(C)OC1COCC1N. The Bertz CT molecular complexity index is 201. The Kier molecular flexibility index (Phi) is 3.41. The van der Waals surface area contributed by atoms with Crippen molar-refractivity contribution in [3.05, 3.63) is 0 Å². The molecule has 14 heavy (non-hydrogen) atoms. The molecule has 0 bridgehead atoms. The third-order valence-electron chi connectivity index (χ3n) is 3.32. The molecule has 0 amide bonds. The van der Waals surface area contributed by atoms with Crippen molar-refractivity contribution in [1.29, 1.82) is 0 Å². The van der Waals surface area contributed by atoms with Gasteiger partial charge in [0.2, 0.25) is 0 Å². The van der Waals surface area contributed by atoms with E-state index in [1.807, 2.05) is 0 Å². The van der Waals surface area contributed by atoms with Crippen LogP contribution < -0.4 is 5.73 Å². The zero-order chi connectivity index (χ0) is 11.0. The van der Waals surface area contributed by atoms with E-state index in [1.165, 1.54) is 0 Å². The van der Waals surface area contributed by atoms with Gasteiger partial charge < -0.3 is 14.9 Å². The van der Waals surface area contributed by atoms with Crippen LogP contribution in [-0.2, 0) is 9.16 Å². The summed E-state index contributed by atoms with van der Waals surface area (Å²) in [5, 5.41) is 0.245. The molecule has 1 heterocycles. The zero-order valence-corrected chi connectivity index (χ0v) is 11.0. The molecule has 2 unspecified atom stereocenters. The van der Waals surface area contributed by atoms with Crippen molar-refractivity contribution in [2.45, 2.75) is 51.0 Å². The van der Waals surface area contributed by atoms with Crippen LogP contribution in [0.25, 0.3) is 0 Å². The Morgan fingerprint density at radius 1 is 1.29 bits per heavy atom. The fourth-order valence-corrected chi connectivity index (χ4v) is 2.58. The van der Waals surface area contributed by atoms with Gasteiger partial charge in [-0.2, -0.15) is 0 Å². The Morgan fingerprint density at radius 2 is 1.86 bits per heavy atom. The van der Waals surface area contributed by atoms with Crippen molar-refractivity contribution in [2.75, 3.05) is 13.2 Å². The van der Waals surface area contributed by atoms with Crippen LogP contribution in [0, 0.1) is 0 Å². The molecule has 0 radical (unpaired) electrons. The Labute approximate surface area is 88.1 Å². The van der Waals surface area contributed by atoms with E-state index in [9.17, 15) is 0 Å². The predicted octanol–water partition coefficient (Wildman–Crippen LogP) is 1.73. The normalized spacial score (nSPS) is 29.6. The van der Waals surface area contributed by atoms with Crippen molar-refractivity contribution < 1.29 is 9.16 Å². The maximum absolute atomic E-state index is 6.16. The van der Waals surface area contributed by atoms with Crippen LogP contribution in [0.15, 0.2) is 0 Å². The van der Waals surface area contributed by atoms with Gasteiger partial charge in [-0.3, -0.25) is 0 Å². The molecule has 1 rings (SSSR count). The molecular weight excluding hydrogens is 194 g/mol. The van der Waals surface area contributed by atoms with Crippen molar-refractivity contribution in [3.8, 4) is 0 Å². The quantitative estimate of drug-likeness (QED) is 0.717. The molecule has 0 aromatic rings. The Morgan fingerprint density at radius 3 is 2.21 bits per heavy atom. The van der Waals surface area contributed by atoms with Gasteiger partial charge in [-0.05, 0) is 18.1 Å². The monoisotopic (exact) mass is 217 g/mol. The lowest BCUT2D eigenvalue weighted by Crippen LogP contribution is -2.48. The minimum atomic E-state index is -1.67. The Hall–Kier alpha value is 0.0969. The van der Waals surface area contributed by atoms with E-state index < -0.39 is 8.32 Å². The topological polar surface area (TPSA) is 44.5 Å². The Balaban J connectivity index is 2.58. The number of rotatable bonds is 2. The summed E-state index contributed by atoms with van der Waals surface area (Å²) in [5.74, 6) is 0. The van der Waals surface area contributed by atoms with E-state index >= 15 is 0 Å². The van der Waals surface area contributed by atoms with Gasteiger partial charge >= 0.3 is 0 Å². The van der Waals surface area contributed by atoms with Crippen LogP contribution in [0.1, 0.15) is 20.8 Å². The average molecular weight is 217 g/mol. The van der Waals surface area contributed by atoms with E-state index in [2.05, 4.69) is 33.9 Å². The van der Waals surface area contributed by atoms with Gasteiger partial charge in [0.25, 0.3) is 0 Å². The molecule has 0 saturated carbocycles. The van der Waals surface area contributed by atoms with E-state index in [1.54, 1.807) is 0 Å². The second-order valence-corrected chi connectivity index (χ2v) is 10.4. The molecule has 2 N–H and O–H groups in total. The molecule has 2 atom stereocenters. The summed E-state index contributed by atoms with van der Waals surface area (Å²) >= 11 is 0. The van der Waals surface area contributed by atoms with Crippen LogP contribution in [-0.4, -0.2) is 33.7 Å². The molecule has 4 heteroatoms. The lowest BCUT2D eigenvalue weighted by atomic mass is 10.2. The summed E-state index contributed by atoms with van der Waals surface area (Å²) in [6, 6.07) is 0.0594. The van der Waals surface area contributed by atoms with E-state index in [-0.39, 0.29) is 17.2 Å². The zero-order valence-electron chi connectivity index (χ0n) is 9.96. The summed E-state index contributed by atoms with van der Waals surface area (Å²) in [7, 11) is -1.67. The maximum atomic E-state index is 6.16. The van der Waals surface area contributed by atoms with Crippen molar-refractivity contribution in [3.63, 3.8) is 0 Å². The highest BCUT2D eigenvalue weighted by Crippen LogP contribution is 2.37. The number of nitrogens with two attached hydrogens (primary N) is 1. The highest BCUT2D eigenvalue weighted by Gasteiger charge is 2.41. The molecule has 0 aromatic heterocycles. The fraction of sp³-hybridized carbons (Fsp3) is 1.00. The summed E-state index contributed by atoms with van der Waals surface area (Å²) in [6.07, 6.45) is 0.107. The smallest absolute Gasteiger partial charge is 0.192 e. The molecule has 0 spiro atoms.